The zero-order valence-electron chi connectivity index (χ0n) is 14.6. The molecule has 1 amide bonds. The van der Waals surface area contributed by atoms with Crippen molar-refractivity contribution in [1.82, 2.24) is 5.01 Å². The zero-order chi connectivity index (χ0) is 17.6. The number of hydrazone groups is 1. The minimum absolute atomic E-state index is 0.0166. The number of nitrogens with one attached hydrogen (secondary N) is 1. The predicted molar refractivity (Wildman–Crippen MR) is 106 cm³/mol. The van der Waals surface area contributed by atoms with Gasteiger partial charge < -0.3 is 4.72 Å². The number of hydrogen-bond donors (Lipinski definition) is 1. The fraction of sp³-hybridized carbons (Fsp3) is 0.300. The van der Waals surface area contributed by atoms with E-state index in [4.69, 9.17) is 0 Å². The Balaban J connectivity index is 1.83. The van der Waals surface area contributed by atoms with Crippen LogP contribution in [-0.2, 0) is 4.79 Å². The molecule has 3 rings (SSSR count). The molecule has 2 aromatic rings. The van der Waals surface area contributed by atoms with Crippen molar-refractivity contribution >= 4 is 29.3 Å². The lowest BCUT2D eigenvalue weighted by Crippen LogP contribution is -2.26. The number of carbonyl (C=O) groups is 1. The molecule has 0 aromatic heterocycles. The molecule has 1 aliphatic heterocycles. The Morgan fingerprint density at radius 2 is 1.88 bits per heavy atom. The Morgan fingerprint density at radius 1 is 1.16 bits per heavy atom. The minimum Gasteiger partial charge on any atom is -0.330 e. The van der Waals surface area contributed by atoms with Crippen molar-refractivity contribution in [3.8, 4) is 0 Å². The second-order valence-electron chi connectivity index (χ2n) is 5.88. The van der Waals surface area contributed by atoms with E-state index in [0.29, 0.717) is 6.42 Å². The summed E-state index contributed by atoms with van der Waals surface area (Å²) in [6.45, 7) is 3.99. The number of rotatable bonds is 6. The Bertz CT molecular complexity index is 743. The molecular formula is C20H23N3OS. The molecule has 0 saturated heterocycles. The largest absolute Gasteiger partial charge is 0.330 e. The number of amides is 1. The zero-order valence-corrected chi connectivity index (χ0v) is 15.4. The minimum atomic E-state index is -0.0166. The van der Waals surface area contributed by atoms with Crippen molar-refractivity contribution in [2.45, 2.75) is 32.7 Å². The number of hydrogen-bond acceptors (Lipinski definition) is 4. The van der Waals surface area contributed by atoms with E-state index in [2.05, 4.69) is 53.1 Å². The van der Waals surface area contributed by atoms with Crippen LogP contribution in [0, 0.1) is 0 Å². The van der Waals surface area contributed by atoms with Gasteiger partial charge in [0.25, 0.3) is 0 Å². The molecule has 0 fully saturated rings. The van der Waals surface area contributed by atoms with Gasteiger partial charge in [0.05, 0.1) is 11.8 Å². The standard InChI is InChI=1S/C20H23N3OS/c1-3-20(24)23-19(16-8-6-5-7-9-16)14-18(21-23)15-10-12-17(13-11-15)22-25-4-2/h5-13,19,22H,3-4,14H2,1-2H3. The van der Waals surface area contributed by atoms with E-state index < -0.39 is 0 Å². The molecule has 0 saturated carbocycles. The van der Waals surface area contributed by atoms with Gasteiger partial charge in [-0.1, -0.05) is 68.3 Å². The molecule has 25 heavy (non-hydrogen) atoms. The van der Waals surface area contributed by atoms with E-state index in [1.807, 2.05) is 25.1 Å². The van der Waals surface area contributed by atoms with Crippen LogP contribution in [0.4, 0.5) is 5.69 Å². The predicted octanol–water partition coefficient (Wildman–Crippen LogP) is 4.85. The summed E-state index contributed by atoms with van der Waals surface area (Å²) in [6, 6.07) is 18.4. The molecule has 5 heteroatoms. The maximum atomic E-state index is 12.4. The third-order valence-corrected chi connectivity index (χ3v) is 4.87. The van der Waals surface area contributed by atoms with Gasteiger partial charge in [0, 0.05) is 24.3 Å². The smallest absolute Gasteiger partial charge is 0.242 e. The van der Waals surface area contributed by atoms with Crippen molar-refractivity contribution < 1.29 is 4.79 Å². The van der Waals surface area contributed by atoms with Crippen molar-refractivity contribution in [1.29, 1.82) is 0 Å². The first kappa shape index (κ1) is 17.5. The molecule has 1 heterocycles. The van der Waals surface area contributed by atoms with Crippen molar-refractivity contribution in [2.75, 3.05) is 10.5 Å². The molecule has 1 atom stereocenters. The van der Waals surface area contributed by atoms with E-state index in [-0.39, 0.29) is 11.9 Å². The molecule has 1 unspecified atom stereocenters. The highest BCUT2D eigenvalue weighted by atomic mass is 32.2. The summed E-state index contributed by atoms with van der Waals surface area (Å²) in [5.74, 6) is 1.07. The van der Waals surface area contributed by atoms with Gasteiger partial charge >= 0.3 is 0 Å². The van der Waals surface area contributed by atoms with Crippen LogP contribution in [0.2, 0.25) is 0 Å². The number of anilines is 1. The van der Waals surface area contributed by atoms with E-state index in [1.165, 1.54) is 0 Å². The fourth-order valence-electron chi connectivity index (χ4n) is 2.90. The van der Waals surface area contributed by atoms with Crippen LogP contribution >= 0.6 is 11.9 Å². The Morgan fingerprint density at radius 3 is 2.52 bits per heavy atom. The second kappa shape index (κ2) is 8.21. The number of carbonyl (C=O) groups excluding carboxylic acids is 1. The van der Waals surface area contributed by atoms with Crippen molar-refractivity contribution in [3.05, 3.63) is 65.7 Å². The number of nitrogens with zero attached hydrogens (tertiary/aromatic N) is 2. The summed E-state index contributed by atoms with van der Waals surface area (Å²) in [5, 5.41) is 6.31. The maximum absolute atomic E-state index is 12.4. The molecule has 0 aliphatic carbocycles. The van der Waals surface area contributed by atoms with Gasteiger partial charge in [0.1, 0.15) is 0 Å². The van der Waals surface area contributed by atoms with Crippen LogP contribution in [0.25, 0.3) is 0 Å². The van der Waals surface area contributed by atoms with Crippen LogP contribution in [-0.4, -0.2) is 22.4 Å². The van der Waals surface area contributed by atoms with Gasteiger partial charge in [-0.25, -0.2) is 5.01 Å². The normalized spacial score (nSPS) is 16.6. The highest BCUT2D eigenvalue weighted by molar-refractivity contribution is 8.00. The molecule has 4 nitrogen and oxygen atoms in total. The summed E-state index contributed by atoms with van der Waals surface area (Å²) >= 11 is 1.67. The average molecular weight is 353 g/mol. The van der Waals surface area contributed by atoms with Crippen molar-refractivity contribution in [3.63, 3.8) is 0 Å². The highest BCUT2D eigenvalue weighted by Crippen LogP contribution is 2.33. The van der Waals surface area contributed by atoms with Crippen LogP contribution in [0.3, 0.4) is 0 Å². The van der Waals surface area contributed by atoms with Crippen LogP contribution in [0.5, 0.6) is 0 Å². The SMILES string of the molecule is CCSNc1ccc(C2=NN(C(=O)CC)C(c3ccccc3)C2)cc1. The monoisotopic (exact) mass is 353 g/mol. The lowest BCUT2D eigenvalue weighted by atomic mass is 9.98. The molecule has 0 radical (unpaired) electrons. The Hall–Kier alpha value is -2.27. The Labute approximate surface area is 153 Å². The van der Waals surface area contributed by atoms with Crippen LogP contribution in [0.1, 0.15) is 43.9 Å². The molecular weight excluding hydrogens is 330 g/mol. The van der Waals surface area contributed by atoms with Gasteiger partial charge in [-0.15, -0.1) is 0 Å². The third-order valence-electron chi connectivity index (χ3n) is 4.21. The van der Waals surface area contributed by atoms with E-state index in [0.717, 1.165) is 34.7 Å². The maximum Gasteiger partial charge on any atom is 0.242 e. The highest BCUT2D eigenvalue weighted by Gasteiger charge is 2.32. The second-order valence-corrected chi connectivity index (χ2v) is 6.95. The first-order chi connectivity index (χ1) is 12.2. The van der Waals surface area contributed by atoms with Crippen molar-refractivity contribution in [2.24, 2.45) is 5.10 Å². The topological polar surface area (TPSA) is 44.7 Å². The fourth-order valence-corrected chi connectivity index (χ4v) is 3.34. The summed E-state index contributed by atoms with van der Waals surface area (Å²) in [7, 11) is 0. The third kappa shape index (κ3) is 4.04. The van der Waals surface area contributed by atoms with E-state index in [1.54, 1.807) is 17.0 Å². The molecule has 2 aromatic carbocycles. The Kier molecular flexibility index (Phi) is 5.76. The van der Waals surface area contributed by atoms with Crippen LogP contribution in [0.15, 0.2) is 59.7 Å². The van der Waals surface area contributed by atoms with Gasteiger partial charge in [-0.2, -0.15) is 5.10 Å². The van der Waals surface area contributed by atoms with Gasteiger partial charge in [0.15, 0.2) is 0 Å². The number of benzene rings is 2. The first-order valence-corrected chi connectivity index (χ1v) is 9.64. The lowest BCUT2D eigenvalue weighted by Gasteiger charge is -2.21. The molecule has 1 aliphatic rings. The van der Waals surface area contributed by atoms with E-state index >= 15 is 0 Å². The molecule has 0 bridgehead atoms. The average Bonchev–Trinajstić information content (AvgIpc) is 3.12. The summed E-state index contributed by atoms with van der Waals surface area (Å²) in [5.41, 5.74) is 4.24. The van der Waals surface area contributed by atoms with Gasteiger partial charge in [-0.05, 0) is 23.3 Å². The molecule has 0 spiro atoms. The summed E-state index contributed by atoms with van der Waals surface area (Å²) in [4.78, 5) is 12.4. The quantitative estimate of drug-likeness (QED) is 0.755. The lowest BCUT2D eigenvalue weighted by molar-refractivity contribution is -0.132. The summed E-state index contributed by atoms with van der Waals surface area (Å²) < 4.78 is 3.30. The molecule has 130 valence electrons. The molecule has 1 N–H and O–H groups in total. The van der Waals surface area contributed by atoms with Gasteiger partial charge in [-0.3, -0.25) is 4.79 Å². The van der Waals surface area contributed by atoms with E-state index in [9.17, 15) is 4.79 Å². The van der Waals surface area contributed by atoms with Crippen LogP contribution < -0.4 is 4.72 Å². The van der Waals surface area contributed by atoms with Gasteiger partial charge in [0.2, 0.25) is 5.91 Å². The first-order valence-electron chi connectivity index (χ1n) is 8.65. The summed E-state index contributed by atoms with van der Waals surface area (Å²) in [6.07, 6.45) is 1.20.